The molecule has 0 unspecified atom stereocenters. The molecule has 0 aliphatic rings. The molecule has 0 saturated carbocycles. The SMILES string of the molecule is CC(=O)Nc1ccc(NC(N)=S)cc1C(F)(F)F. The molecule has 0 aliphatic carbocycles. The number of carbonyl (C=O) groups excluding carboxylic acids is 1. The lowest BCUT2D eigenvalue weighted by atomic mass is 10.1. The van der Waals surface area contributed by atoms with Crippen LogP contribution in [-0.2, 0) is 11.0 Å². The number of amides is 1. The summed E-state index contributed by atoms with van der Waals surface area (Å²) in [6, 6.07) is 3.29. The summed E-state index contributed by atoms with van der Waals surface area (Å²) >= 11 is 4.53. The highest BCUT2D eigenvalue weighted by molar-refractivity contribution is 7.80. The molecule has 0 bridgehead atoms. The van der Waals surface area contributed by atoms with Crippen molar-refractivity contribution in [2.24, 2.45) is 5.73 Å². The van der Waals surface area contributed by atoms with Crippen LogP contribution in [-0.4, -0.2) is 11.0 Å². The molecule has 1 aromatic rings. The van der Waals surface area contributed by atoms with Crippen molar-refractivity contribution in [2.45, 2.75) is 13.1 Å². The lowest BCUT2D eigenvalue weighted by Crippen LogP contribution is -2.20. The fraction of sp³-hybridized carbons (Fsp3) is 0.200. The molecule has 4 nitrogen and oxygen atoms in total. The molecule has 1 amide bonds. The standard InChI is InChI=1S/C10H10F3N3OS/c1-5(17)15-8-3-2-6(16-9(14)18)4-7(8)10(11,12)13/h2-4H,1H3,(H,15,17)(H3,14,16,18). The van der Waals surface area contributed by atoms with Gasteiger partial charge in [0.15, 0.2) is 5.11 Å². The minimum Gasteiger partial charge on any atom is -0.376 e. The van der Waals surface area contributed by atoms with E-state index in [0.29, 0.717) is 0 Å². The fourth-order valence-electron chi connectivity index (χ4n) is 1.30. The zero-order valence-corrected chi connectivity index (χ0v) is 10.1. The van der Waals surface area contributed by atoms with Crippen LogP contribution >= 0.6 is 12.2 Å². The Labute approximate surface area is 106 Å². The van der Waals surface area contributed by atoms with Gasteiger partial charge < -0.3 is 16.4 Å². The smallest absolute Gasteiger partial charge is 0.376 e. The van der Waals surface area contributed by atoms with E-state index in [1.54, 1.807) is 0 Å². The molecule has 0 aromatic heterocycles. The zero-order valence-electron chi connectivity index (χ0n) is 9.26. The van der Waals surface area contributed by atoms with Gasteiger partial charge in [0.1, 0.15) is 0 Å². The maximum atomic E-state index is 12.8. The molecule has 0 aliphatic heterocycles. The highest BCUT2D eigenvalue weighted by Crippen LogP contribution is 2.36. The number of halogens is 3. The fourth-order valence-corrected chi connectivity index (χ4v) is 1.42. The summed E-state index contributed by atoms with van der Waals surface area (Å²) in [5, 5.41) is 4.36. The molecular weight excluding hydrogens is 267 g/mol. The van der Waals surface area contributed by atoms with E-state index in [0.717, 1.165) is 19.1 Å². The van der Waals surface area contributed by atoms with Crippen molar-refractivity contribution < 1.29 is 18.0 Å². The van der Waals surface area contributed by atoms with E-state index in [1.165, 1.54) is 6.07 Å². The van der Waals surface area contributed by atoms with Gasteiger partial charge in [-0.3, -0.25) is 4.79 Å². The minimum absolute atomic E-state index is 0.101. The van der Waals surface area contributed by atoms with E-state index >= 15 is 0 Å². The Hall–Kier alpha value is -1.83. The number of anilines is 2. The van der Waals surface area contributed by atoms with Crippen LogP contribution < -0.4 is 16.4 Å². The summed E-state index contributed by atoms with van der Waals surface area (Å²) in [5.41, 5.74) is 3.98. The molecule has 0 saturated heterocycles. The Kier molecular flexibility index (Phi) is 4.12. The van der Waals surface area contributed by atoms with Gasteiger partial charge in [-0.1, -0.05) is 0 Å². The van der Waals surface area contributed by atoms with Crippen LogP contribution in [0.25, 0.3) is 0 Å². The number of nitrogens with one attached hydrogen (secondary N) is 2. The molecule has 98 valence electrons. The number of nitrogens with two attached hydrogens (primary N) is 1. The van der Waals surface area contributed by atoms with Gasteiger partial charge in [0.05, 0.1) is 11.3 Å². The molecule has 8 heteroatoms. The first kappa shape index (κ1) is 14.2. The van der Waals surface area contributed by atoms with Gasteiger partial charge in [0.25, 0.3) is 0 Å². The Morgan fingerprint density at radius 2 is 1.94 bits per heavy atom. The van der Waals surface area contributed by atoms with Gasteiger partial charge in [-0.25, -0.2) is 0 Å². The molecule has 0 radical (unpaired) electrons. The maximum Gasteiger partial charge on any atom is 0.418 e. The average molecular weight is 277 g/mol. The number of rotatable bonds is 2. The van der Waals surface area contributed by atoms with Crippen LogP contribution in [0.5, 0.6) is 0 Å². The molecule has 0 fully saturated rings. The molecule has 0 spiro atoms. The number of carbonyl (C=O) groups is 1. The summed E-state index contributed by atoms with van der Waals surface area (Å²) in [5.74, 6) is -0.587. The third kappa shape index (κ3) is 3.88. The molecule has 0 heterocycles. The van der Waals surface area contributed by atoms with E-state index in [2.05, 4.69) is 22.9 Å². The Morgan fingerprint density at radius 3 is 2.39 bits per heavy atom. The van der Waals surface area contributed by atoms with Crippen LogP contribution in [0.3, 0.4) is 0 Å². The second kappa shape index (κ2) is 5.21. The predicted molar refractivity (Wildman–Crippen MR) is 66.2 cm³/mol. The van der Waals surface area contributed by atoms with Gasteiger partial charge in [0, 0.05) is 12.6 Å². The van der Waals surface area contributed by atoms with Crippen molar-refractivity contribution in [3.05, 3.63) is 23.8 Å². The molecule has 4 N–H and O–H groups in total. The number of hydrogen-bond acceptors (Lipinski definition) is 2. The van der Waals surface area contributed by atoms with Crippen molar-refractivity contribution in [1.82, 2.24) is 0 Å². The van der Waals surface area contributed by atoms with Crippen LogP contribution in [0.4, 0.5) is 24.5 Å². The molecule has 1 rings (SSSR count). The van der Waals surface area contributed by atoms with Crippen LogP contribution in [0.1, 0.15) is 12.5 Å². The maximum absolute atomic E-state index is 12.8. The van der Waals surface area contributed by atoms with Crippen LogP contribution in [0, 0.1) is 0 Å². The first-order valence-electron chi connectivity index (χ1n) is 4.75. The Morgan fingerprint density at radius 1 is 1.33 bits per heavy atom. The van der Waals surface area contributed by atoms with Gasteiger partial charge in [-0.2, -0.15) is 13.2 Å². The average Bonchev–Trinajstić information content (AvgIpc) is 2.17. The van der Waals surface area contributed by atoms with Gasteiger partial charge in [-0.15, -0.1) is 0 Å². The van der Waals surface area contributed by atoms with E-state index in [9.17, 15) is 18.0 Å². The quantitative estimate of drug-likeness (QED) is 0.726. The second-order valence-electron chi connectivity index (χ2n) is 3.43. The summed E-state index contributed by atoms with van der Waals surface area (Å²) in [7, 11) is 0. The first-order chi connectivity index (χ1) is 8.20. The number of benzene rings is 1. The normalized spacial score (nSPS) is 10.9. The molecule has 1 aromatic carbocycles. The zero-order chi connectivity index (χ0) is 13.9. The Bertz CT molecular complexity index is 488. The molecular formula is C10H10F3N3OS. The van der Waals surface area contributed by atoms with Crippen molar-refractivity contribution in [3.63, 3.8) is 0 Å². The number of alkyl halides is 3. The van der Waals surface area contributed by atoms with Gasteiger partial charge in [0.2, 0.25) is 5.91 Å². The van der Waals surface area contributed by atoms with Crippen molar-refractivity contribution in [1.29, 1.82) is 0 Å². The van der Waals surface area contributed by atoms with Gasteiger partial charge in [-0.05, 0) is 30.4 Å². The van der Waals surface area contributed by atoms with Gasteiger partial charge >= 0.3 is 6.18 Å². The topological polar surface area (TPSA) is 67.2 Å². The predicted octanol–water partition coefficient (Wildman–Crippen LogP) is 2.32. The lowest BCUT2D eigenvalue weighted by molar-refractivity contribution is -0.136. The highest BCUT2D eigenvalue weighted by Gasteiger charge is 2.34. The van der Waals surface area contributed by atoms with Crippen molar-refractivity contribution in [2.75, 3.05) is 10.6 Å². The molecule has 18 heavy (non-hydrogen) atoms. The van der Waals surface area contributed by atoms with E-state index < -0.39 is 17.6 Å². The second-order valence-corrected chi connectivity index (χ2v) is 3.87. The summed E-state index contributed by atoms with van der Waals surface area (Å²) in [6.07, 6.45) is -4.59. The Balaban J connectivity index is 3.20. The summed E-state index contributed by atoms with van der Waals surface area (Å²) in [4.78, 5) is 10.8. The van der Waals surface area contributed by atoms with Crippen molar-refractivity contribution >= 4 is 34.6 Å². The lowest BCUT2D eigenvalue weighted by Gasteiger charge is -2.15. The van der Waals surface area contributed by atoms with E-state index in [-0.39, 0.29) is 16.5 Å². The van der Waals surface area contributed by atoms with Crippen LogP contribution in [0.15, 0.2) is 18.2 Å². The third-order valence-corrected chi connectivity index (χ3v) is 2.01. The van der Waals surface area contributed by atoms with E-state index in [4.69, 9.17) is 5.73 Å². The minimum atomic E-state index is -4.59. The van der Waals surface area contributed by atoms with Crippen molar-refractivity contribution in [3.8, 4) is 0 Å². The molecule has 0 atom stereocenters. The summed E-state index contributed by atoms with van der Waals surface area (Å²) < 4.78 is 38.3. The summed E-state index contributed by atoms with van der Waals surface area (Å²) in [6.45, 7) is 1.13. The number of thiocarbonyl (C=S) groups is 1. The van der Waals surface area contributed by atoms with Crippen LogP contribution in [0.2, 0.25) is 0 Å². The van der Waals surface area contributed by atoms with E-state index in [1.807, 2.05) is 0 Å². The third-order valence-electron chi connectivity index (χ3n) is 1.90. The largest absolute Gasteiger partial charge is 0.418 e. The highest BCUT2D eigenvalue weighted by atomic mass is 32.1. The number of hydrogen-bond donors (Lipinski definition) is 3. The monoisotopic (exact) mass is 277 g/mol. The first-order valence-corrected chi connectivity index (χ1v) is 5.16.